The fourth-order valence-corrected chi connectivity index (χ4v) is 4.05. The molecule has 0 aromatic heterocycles. The zero-order valence-corrected chi connectivity index (χ0v) is 15.4. The highest BCUT2D eigenvalue weighted by atomic mass is 16.5. The van der Waals surface area contributed by atoms with Gasteiger partial charge in [0, 0.05) is 26.1 Å². The molecular weight excluding hydrogens is 332 g/mol. The molecule has 142 valence electrons. The van der Waals surface area contributed by atoms with Crippen LogP contribution in [0.1, 0.15) is 37.7 Å². The molecule has 6 heteroatoms. The number of hydrogen-bond donors (Lipinski definition) is 2. The topological polar surface area (TPSA) is 78.9 Å². The Hall–Kier alpha value is -2.08. The van der Waals surface area contributed by atoms with Gasteiger partial charge in [0.15, 0.2) is 0 Å². The van der Waals surface area contributed by atoms with Crippen LogP contribution in [0, 0.1) is 5.41 Å². The van der Waals surface area contributed by atoms with E-state index in [-0.39, 0.29) is 11.8 Å². The third-order valence-corrected chi connectivity index (χ3v) is 5.69. The summed E-state index contributed by atoms with van der Waals surface area (Å²) in [6, 6.07) is 7.88. The van der Waals surface area contributed by atoms with Crippen LogP contribution in [0.2, 0.25) is 0 Å². The van der Waals surface area contributed by atoms with Crippen molar-refractivity contribution < 1.29 is 19.4 Å². The number of aryl methyl sites for hydroxylation is 1. The van der Waals surface area contributed by atoms with E-state index in [1.165, 1.54) is 5.56 Å². The van der Waals surface area contributed by atoms with E-state index in [4.69, 9.17) is 4.74 Å². The van der Waals surface area contributed by atoms with Gasteiger partial charge in [0.2, 0.25) is 11.8 Å². The minimum atomic E-state index is -0.817. The molecule has 1 aromatic rings. The van der Waals surface area contributed by atoms with Crippen LogP contribution in [0.15, 0.2) is 24.3 Å². The number of aliphatic hydroxyl groups excluding tert-OH is 1. The molecular formula is C20H28N2O4. The quantitative estimate of drug-likeness (QED) is 0.834. The Kier molecular flexibility index (Phi) is 5.81. The third-order valence-electron chi connectivity index (χ3n) is 5.69. The molecule has 2 saturated heterocycles. The Bertz CT molecular complexity index is 646. The van der Waals surface area contributed by atoms with Crippen LogP contribution in [0.25, 0.3) is 0 Å². The number of ether oxygens (including phenoxy) is 1. The fraction of sp³-hybridized carbons (Fsp3) is 0.600. The number of rotatable bonds is 5. The molecule has 0 saturated carbocycles. The maximum absolute atomic E-state index is 12.6. The molecule has 2 aliphatic heterocycles. The lowest BCUT2D eigenvalue weighted by atomic mass is 9.71. The van der Waals surface area contributed by atoms with Gasteiger partial charge in [-0.1, -0.05) is 12.1 Å². The van der Waals surface area contributed by atoms with Gasteiger partial charge in [-0.15, -0.1) is 0 Å². The number of carbonyl (C=O) groups is 2. The number of amides is 2. The molecule has 2 atom stereocenters. The average Bonchev–Trinajstić information content (AvgIpc) is 2.66. The molecule has 1 aromatic carbocycles. The number of benzene rings is 1. The zero-order chi connectivity index (χ0) is 18.6. The second-order valence-corrected chi connectivity index (χ2v) is 7.34. The summed E-state index contributed by atoms with van der Waals surface area (Å²) in [5, 5.41) is 13.3. The summed E-state index contributed by atoms with van der Waals surface area (Å²) in [7, 11) is 1.64. The standard InChI is InChI=1S/C20H28N2O4/c1-26-16-8-6-15(7-9-16)4-2-5-18(24)22-13-10-17(23)20(14-22)11-3-12-21-19(20)25/h6-9,17,23H,2-5,10-14H2,1H3,(H,21,25)/t17-,20-/m1/s1. The van der Waals surface area contributed by atoms with Gasteiger partial charge in [0.25, 0.3) is 0 Å². The molecule has 2 aliphatic rings. The molecule has 2 heterocycles. The Morgan fingerprint density at radius 3 is 2.85 bits per heavy atom. The maximum atomic E-state index is 12.6. The Balaban J connectivity index is 1.53. The largest absolute Gasteiger partial charge is 0.497 e. The van der Waals surface area contributed by atoms with E-state index >= 15 is 0 Å². The molecule has 0 radical (unpaired) electrons. The van der Waals surface area contributed by atoms with Crippen molar-refractivity contribution in [2.75, 3.05) is 26.7 Å². The van der Waals surface area contributed by atoms with Crippen molar-refractivity contribution in [1.29, 1.82) is 0 Å². The number of likely N-dealkylation sites (tertiary alicyclic amines) is 1. The molecule has 0 aliphatic carbocycles. The summed E-state index contributed by atoms with van der Waals surface area (Å²) >= 11 is 0. The van der Waals surface area contributed by atoms with Gasteiger partial charge in [-0.25, -0.2) is 0 Å². The van der Waals surface area contributed by atoms with Gasteiger partial charge in [0.1, 0.15) is 5.75 Å². The van der Waals surface area contributed by atoms with Crippen molar-refractivity contribution >= 4 is 11.8 Å². The number of methoxy groups -OCH3 is 1. The highest BCUT2D eigenvalue weighted by molar-refractivity contribution is 5.86. The predicted molar refractivity (Wildman–Crippen MR) is 97.8 cm³/mol. The average molecular weight is 360 g/mol. The van der Waals surface area contributed by atoms with Crippen molar-refractivity contribution in [1.82, 2.24) is 10.2 Å². The van der Waals surface area contributed by atoms with E-state index in [1.54, 1.807) is 12.0 Å². The van der Waals surface area contributed by atoms with E-state index in [0.717, 1.165) is 25.0 Å². The Morgan fingerprint density at radius 2 is 2.15 bits per heavy atom. The minimum Gasteiger partial charge on any atom is -0.497 e. The SMILES string of the molecule is COc1ccc(CCCC(=O)N2CC[C@@H](O)[C@@]3(CCCNC3=O)C2)cc1. The number of nitrogens with zero attached hydrogens (tertiary/aromatic N) is 1. The molecule has 2 fully saturated rings. The highest BCUT2D eigenvalue weighted by Crippen LogP contribution is 2.37. The second kappa shape index (κ2) is 8.08. The van der Waals surface area contributed by atoms with Crippen molar-refractivity contribution in [2.45, 2.75) is 44.6 Å². The lowest BCUT2D eigenvalue weighted by molar-refractivity contribution is -0.154. The first-order valence-corrected chi connectivity index (χ1v) is 9.42. The van der Waals surface area contributed by atoms with E-state index in [9.17, 15) is 14.7 Å². The van der Waals surface area contributed by atoms with Gasteiger partial charge < -0.3 is 20.1 Å². The smallest absolute Gasteiger partial charge is 0.230 e. The minimum absolute atomic E-state index is 0.0724. The van der Waals surface area contributed by atoms with Crippen molar-refractivity contribution in [3.63, 3.8) is 0 Å². The van der Waals surface area contributed by atoms with Gasteiger partial charge in [-0.2, -0.15) is 0 Å². The van der Waals surface area contributed by atoms with Crippen LogP contribution in [0.4, 0.5) is 0 Å². The molecule has 26 heavy (non-hydrogen) atoms. The lowest BCUT2D eigenvalue weighted by Crippen LogP contribution is -2.62. The van der Waals surface area contributed by atoms with Crippen LogP contribution in [-0.2, 0) is 16.0 Å². The second-order valence-electron chi connectivity index (χ2n) is 7.34. The van der Waals surface area contributed by atoms with E-state index in [2.05, 4.69) is 5.32 Å². The van der Waals surface area contributed by atoms with Crippen LogP contribution < -0.4 is 10.1 Å². The normalized spacial score (nSPS) is 25.8. The van der Waals surface area contributed by atoms with E-state index in [1.807, 2.05) is 24.3 Å². The number of hydrogen-bond acceptors (Lipinski definition) is 4. The third kappa shape index (κ3) is 3.85. The van der Waals surface area contributed by atoms with Crippen molar-refractivity contribution in [3.8, 4) is 5.75 Å². The molecule has 2 amide bonds. The molecule has 6 nitrogen and oxygen atoms in total. The van der Waals surface area contributed by atoms with Crippen LogP contribution in [0.5, 0.6) is 5.75 Å². The molecule has 3 rings (SSSR count). The molecule has 0 unspecified atom stereocenters. The zero-order valence-electron chi connectivity index (χ0n) is 15.4. The van der Waals surface area contributed by atoms with Gasteiger partial charge in [-0.3, -0.25) is 9.59 Å². The summed E-state index contributed by atoms with van der Waals surface area (Å²) in [5.41, 5.74) is 0.359. The predicted octanol–water partition coefficient (Wildman–Crippen LogP) is 1.51. The Labute approximate surface area is 154 Å². The first-order valence-electron chi connectivity index (χ1n) is 9.42. The summed E-state index contributed by atoms with van der Waals surface area (Å²) in [4.78, 5) is 26.8. The summed E-state index contributed by atoms with van der Waals surface area (Å²) in [6.07, 6.45) is 3.36. The number of piperidine rings is 2. The summed E-state index contributed by atoms with van der Waals surface area (Å²) < 4.78 is 5.15. The number of nitrogens with one attached hydrogen (secondary N) is 1. The highest BCUT2D eigenvalue weighted by Gasteiger charge is 2.50. The van der Waals surface area contributed by atoms with Crippen molar-refractivity contribution in [3.05, 3.63) is 29.8 Å². The number of aliphatic hydroxyl groups is 1. The maximum Gasteiger partial charge on any atom is 0.230 e. The Morgan fingerprint density at radius 1 is 1.38 bits per heavy atom. The van der Waals surface area contributed by atoms with Gasteiger partial charge in [-0.05, 0) is 49.8 Å². The van der Waals surface area contributed by atoms with E-state index in [0.29, 0.717) is 38.9 Å². The molecule has 2 N–H and O–H groups in total. The van der Waals surface area contributed by atoms with Gasteiger partial charge in [0.05, 0.1) is 18.6 Å². The number of carbonyl (C=O) groups excluding carboxylic acids is 2. The first kappa shape index (κ1) is 18.7. The summed E-state index contributed by atoms with van der Waals surface area (Å²) in [5.74, 6) is 0.794. The molecule has 1 spiro atoms. The lowest BCUT2D eigenvalue weighted by Gasteiger charge is -2.46. The van der Waals surface area contributed by atoms with Gasteiger partial charge >= 0.3 is 0 Å². The monoisotopic (exact) mass is 360 g/mol. The molecule has 0 bridgehead atoms. The van der Waals surface area contributed by atoms with Crippen LogP contribution in [0.3, 0.4) is 0 Å². The first-order chi connectivity index (χ1) is 12.5. The van der Waals surface area contributed by atoms with Crippen LogP contribution in [-0.4, -0.2) is 54.7 Å². The van der Waals surface area contributed by atoms with Crippen LogP contribution >= 0.6 is 0 Å². The van der Waals surface area contributed by atoms with E-state index < -0.39 is 11.5 Å². The summed E-state index contributed by atoms with van der Waals surface area (Å²) in [6.45, 7) is 1.52. The fourth-order valence-electron chi connectivity index (χ4n) is 4.05. The van der Waals surface area contributed by atoms with Crippen molar-refractivity contribution in [2.24, 2.45) is 5.41 Å².